The number of carbonyl (C=O) groups is 1. The summed E-state index contributed by atoms with van der Waals surface area (Å²) < 4.78 is 5.92. The Bertz CT molecular complexity index is 326. The normalized spacial score (nSPS) is 26.6. The second kappa shape index (κ2) is 6.90. The lowest BCUT2D eigenvalue weighted by molar-refractivity contribution is -0.146. The quantitative estimate of drug-likeness (QED) is 0.720. The van der Waals surface area contributed by atoms with Gasteiger partial charge in [0.05, 0.1) is 6.10 Å². The van der Waals surface area contributed by atoms with Crippen molar-refractivity contribution < 1.29 is 14.6 Å². The van der Waals surface area contributed by atoms with Gasteiger partial charge in [-0.05, 0) is 24.7 Å². The van der Waals surface area contributed by atoms with E-state index < -0.39 is 12.0 Å². The second-order valence-electron chi connectivity index (χ2n) is 7.51. The highest BCUT2D eigenvalue weighted by Crippen LogP contribution is 2.43. The Morgan fingerprint density at radius 1 is 1.30 bits per heavy atom. The Morgan fingerprint density at radius 3 is 2.30 bits per heavy atom. The molecule has 1 saturated carbocycles. The molecule has 0 heterocycles. The average molecular weight is 285 g/mol. The van der Waals surface area contributed by atoms with Gasteiger partial charge in [0.25, 0.3) is 0 Å². The Hall–Kier alpha value is -0.610. The molecule has 1 aliphatic rings. The number of aliphatic carboxylic acids is 1. The molecule has 4 heteroatoms. The van der Waals surface area contributed by atoms with Gasteiger partial charge in [0.2, 0.25) is 0 Å². The van der Waals surface area contributed by atoms with Gasteiger partial charge in [0, 0.05) is 18.1 Å². The highest BCUT2D eigenvalue weighted by molar-refractivity contribution is 5.73. The molecular formula is C16H31NO3. The maximum atomic E-state index is 11.3. The molecule has 0 bridgehead atoms. The number of hydrogen-bond donors (Lipinski definition) is 2. The van der Waals surface area contributed by atoms with Gasteiger partial charge in [-0.1, -0.05) is 41.5 Å². The molecule has 0 aromatic rings. The van der Waals surface area contributed by atoms with E-state index in [9.17, 15) is 9.90 Å². The van der Waals surface area contributed by atoms with Crippen LogP contribution < -0.4 is 5.32 Å². The first kappa shape index (κ1) is 17.4. The van der Waals surface area contributed by atoms with Crippen molar-refractivity contribution in [2.24, 2.45) is 17.3 Å². The molecule has 1 aliphatic carbocycles. The number of ether oxygens (including phenoxy) is 1. The zero-order chi connectivity index (χ0) is 15.5. The fourth-order valence-corrected chi connectivity index (χ4v) is 2.71. The number of nitrogens with one attached hydrogen (secondary N) is 1. The fraction of sp³-hybridized carbons (Fsp3) is 0.938. The monoisotopic (exact) mass is 285 g/mol. The summed E-state index contributed by atoms with van der Waals surface area (Å²) >= 11 is 0. The number of rotatable bonds is 8. The third-order valence-electron chi connectivity index (χ3n) is 4.22. The molecule has 0 aliphatic heterocycles. The highest BCUT2D eigenvalue weighted by atomic mass is 16.5. The summed E-state index contributed by atoms with van der Waals surface area (Å²) in [5, 5.41) is 12.6. The van der Waals surface area contributed by atoms with Crippen LogP contribution in [0.5, 0.6) is 0 Å². The van der Waals surface area contributed by atoms with Crippen molar-refractivity contribution in [3.05, 3.63) is 0 Å². The summed E-state index contributed by atoms with van der Waals surface area (Å²) in [6.07, 6.45) is 1.80. The first-order valence-electron chi connectivity index (χ1n) is 7.75. The third kappa shape index (κ3) is 4.45. The van der Waals surface area contributed by atoms with E-state index in [1.165, 1.54) is 0 Å². The molecule has 0 aromatic heterocycles. The minimum atomic E-state index is -0.749. The van der Waals surface area contributed by atoms with Gasteiger partial charge < -0.3 is 15.2 Å². The lowest BCUT2D eigenvalue weighted by Gasteiger charge is -2.53. The molecule has 3 unspecified atom stereocenters. The summed E-state index contributed by atoms with van der Waals surface area (Å²) in [4.78, 5) is 11.3. The predicted octanol–water partition coefficient (Wildman–Crippen LogP) is 2.92. The Labute approximate surface area is 123 Å². The van der Waals surface area contributed by atoms with Gasteiger partial charge in [-0.2, -0.15) is 0 Å². The maximum absolute atomic E-state index is 11.3. The first-order valence-corrected chi connectivity index (χ1v) is 7.75. The zero-order valence-electron chi connectivity index (χ0n) is 13.8. The van der Waals surface area contributed by atoms with Gasteiger partial charge in [-0.3, -0.25) is 4.79 Å². The van der Waals surface area contributed by atoms with Crippen molar-refractivity contribution in [2.75, 3.05) is 6.61 Å². The smallest absolute Gasteiger partial charge is 0.320 e. The van der Waals surface area contributed by atoms with Crippen LogP contribution in [0.1, 0.15) is 54.4 Å². The van der Waals surface area contributed by atoms with E-state index in [0.717, 1.165) is 13.0 Å². The molecule has 0 radical (unpaired) electrons. The molecule has 0 aromatic carbocycles. The topological polar surface area (TPSA) is 58.6 Å². The van der Waals surface area contributed by atoms with E-state index in [1.807, 2.05) is 0 Å². The van der Waals surface area contributed by atoms with Gasteiger partial charge in [0.15, 0.2) is 0 Å². The standard InChI is InChI=1S/C16H31NO3/c1-10(2)7-12(15(18)19)17-13-8-14(16(13,5)6)20-9-11(3)4/h10-14,17H,7-9H2,1-6H3,(H,18,19). The van der Waals surface area contributed by atoms with Crippen LogP contribution in [0.3, 0.4) is 0 Å². The van der Waals surface area contributed by atoms with Crippen LogP contribution >= 0.6 is 0 Å². The molecule has 118 valence electrons. The molecule has 4 nitrogen and oxygen atoms in total. The minimum Gasteiger partial charge on any atom is -0.480 e. The molecule has 0 spiro atoms. The van der Waals surface area contributed by atoms with Crippen LogP contribution in [0.15, 0.2) is 0 Å². The van der Waals surface area contributed by atoms with E-state index in [1.54, 1.807) is 0 Å². The van der Waals surface area contributed by atoms with Crippen molar-refractivity contribution in [1.82, 2.24) is 5.32 Å². The van der Waals surface area contributed by atoms with E-state index in [2.05, 4.69) is 46.9 Å². The predicted molar refractivity (Wildman–Crippen MR) is 80.8 cm³/mol. The first-order chi connectivity index (χ1) is 9.14. The summed E-state index contributed by atoms with van der Waals surface area (Å²) in [7, 11) is 0. The van der Waals surface area contributed by atoms with Gasteiger partial charge in [-0.25, -0.2) is 0 Å². The number of hydrogen-bond acceptors (Lipinski definition) is 3. The van der Waals surface area contributed by atoms with E-state index in [0.29, 0.717) is 18.3 Å². The molecular weight excluding hydrogens is 254 g/mol. The maximum Gasteiger partial charge on any atom is 0.320 e. The molecule has 2 N–H and O–H groups in total. The van der Waals surface area contributed by atoms with Crippen molar-refractivity contribution in [3.8, 4) is 0 Å². The van der Waals surface area contributed by atoms with Crippen LogP contribution in [0.25, 0.3) is 0 Å². The summed E-state index contributed by atoms with van der Waals surface area (Å²) in [5.41, 5.74) is -0.000427. The van der Waals surface area contributed by atoms with Crippen molar-refractivity contribution in [3.63, 3.8) is 0 Å². The Balaban J connectivity index is 2.51. The Kier molecular flexibility index (Phi) is 6.02. The SMILES string of the molecule is CC(C)COC1CC(NC(CC(C)C)C(=O)O)C1(C)C. The van der Waals surface area contributed by atoms with Crippen molar-refractivity contribution in [2.45, 2.75) is 72.6 Å². The molecule has 0 saturated heterocycles. The minimum absolute atomic E-state index is 0.000427. The van der Waals surface area contributed by atoms with Crippen LogP contribution in [0.2, 0.25) is 0 Å². The molecule has 1 fully saturated rings. The fourth-order valence-electron chi connectivity index (χ4n) is 2.71. The molecule has 0 amide bonds. The van der Waals surface area contributed by atoms with Crippen LogP contribution in [-0.4, -0.2) is 35.9 Å². The van der Waals surface area contributed by atoms with Crippen molar-refractivity contribution in [1.29, 1.82) is 0 Å². The van der Waals surface area contributed by atoms with Crippen LogP contribution in [-0.2, 0) is 9.53 Å². The lowest BCUT2D eigenvalue weighted by Crippen LogP contribution is -2.64. The third-order valence-corrected chi connectivity index (χ3v) is 4.22. The summed E-state index contributed by atoms with van der Waals surface area (Å²) in [6.45, 7) is 13.5. The van der Waals surface area contributed by atoms with Crippen LogP contribution in [0, 0.1) is 17.3 Å². The zero-order valence-corrected chi connectivity index (χ0v) is 13.8. The van der Waals surface area contributed by atoms with Gasteiger partial charge >= 0.3 is 5.97 Å². The Morgan fingerprint density at radius 2 is 1.90 bits per heavy atom. The summed E-state index contributed by atoms with van der Waals surface area (Å²) in [5.74, 6) is 0.159. The molecule has 1 rings (SSSR count). The average Bonchev–Trinajstić information content (AvgIpc) is 2.29. The van der Waals surface area contributed by atoms with Crippen LogP contribution in [0.4, 0.5) is 0 Å². The van der Waals surface area contributed by atoms with E-state index in [4.69, 9.17) is 4.74 Å². The van der Waals surface area contributed by atoms with Gasteiger partial charge in [-0.15, -0.1) is 0 Å². The largest absolute Gasteiger partial charge is 0.480 e. The second-order valence-corrected chi connectivity index (χ2v) is 7.51. The highest BCUT2D eigenvalue weighted by Gasteiger charge is 2.50. The number of carboxylic acids is 1. The van der Waals surface area contributed by atoms with Gasteiger partial charge in [0.1, 0.15) is 6.04 Å². The van der Waals surface area contributed by atoms with E-state index in [-0.39, 0.29) is 17.6 Å². The number of carboxylic acid groups (broad SMARTS) is 1. The molecule has 20 heavy (non-hydrogen) atoms. The van der Waals surface area contributed by atoms with Crippen molar-refractivity contribution >= 4 is 5.97 Å². The lowest BCUT2D eigenvalue weighted by atomic mass is 9.64. The molecule has 3 atom stereocenters. The van der Waals surface area contributed by atoms with E-state index >= 15 is 0 Å². The summed E-state index contributed by atoms with van der Waals surface area (Å²) in [6, 6.07) is -0.232.